The van der Waals surface area contributed by atoms with Gasteiger partial charge in [-0.3, -0.25) is 4.79 Å². The quantitative estimate of drug-likeness (QED) is 0.792. The highest BCUT2D eigenvalue weighted by atomic mass is 35.5. The number of carbonyl (C=O) groups is 2. The highest BCUT2D eigenvalue weighted by Crippen LogP contribution is 2.28. The molecule has 2 aromatic carbocycles. The number of nitrogens with one attached hydrogen (secondary N) is 3. The molecular formula is C16H16ClN3O3. The molecule has 0 saturated carbocycles. The minimum atomic E-state index is -0.411. The van der Waals surface area contributed by atoms with Crippen LogP contribution < -0.4 is 20.7 Å². The van der Waals surface area contributed by atoms with Crippen molar-refractivity contribution in [1.29, 1.82) is 0 Å². The Morgan fingerprint density at radius 1 is 0.957 bits per heavy atom. The number of hydrogen-bond donors (Lipinski definition) is 3. The second-order valence-corrected chi connectivity index (χ2v) is 5.12. The predicted molar refractivity (Wildman–Crippen MR) is 91.4 cm³/mol. The zero-order chi connectivity index (χ0) is 16.8. The van der Waals surface area contributed by atoms with Crippen LogP contribution in [0.25, 0.3) is 0 Å². The van der Waals surface area contributed by atoms with E-state index in [0.717, 1.165) is 0 Å². The van der Waals surface area contributed by atoms with Crippen LogP contribution in [-0.4, -0.2) is 19.0 Å². The van der Waals surface area contributed by atoms with Crippen molar-refractivity contribution in [3.8, 4) is 5.75 Å². The van der Waals surface area contributed by atoms with Crippen molar-refractivity contribution in [3.63, 3.8) is 0 Å². The van der Waals surface area contributed by atoms with Gasteiger partial charge in [0, 0.05) is 23.3 Å². The van der Waals surface area contributed by atoms with Crippen LogP contribution in [0.5, 0.6) is 5.75 Å². The van der Waals surface area contributed by atoms with E-state index in [2.05, 4.69) is 16.0 Å². The topological polar surface area (TPSA) is 79.5 Å². The minimum absolute atomic E-state index is 0.230. The van der Waals surface area contributed by atoms with Gasteiger partial charge in [0.1, 0.15) is 5.75 Å². The molecule has 2 aromatic rings. The lowest BCUT2D eigenvalue weighted by Crippen LogP contribution is -2.19. The fourth-order valence-corrected chi connectivity index (χ4v) is 2.03. The van der Waals surface area contributed by atoms with Crippen LogP contribution in [-0.2, 0) is 4.79 Å². The number of rotatable bonds is 4. The molecule has 23 heavy (non-hydrogen) atoms. The van der Waals surface area contributed by atoms with E-state index in [0.29, 0.717) is 27.8 Å². The molecule has 0 spiro atoms. The summed E-state index contributed by atoms with van der Waals surface area (Å²) < 4.78 is 5.16. The standard InChI is InChI=1S/C16H16ClN3O3/c1-10(21)18-14-9-13(7-8-15(14)23-2)20-16(22)19-12-5-3-11(17)4-6-12/h3-9H,1-2H3,(H,18,21)(H2,19,20,22). The molecule has 3 N–H and O–H groups in total. The number of halogens is 1. The van der Waals surface area contributed by atoms with Crippen molar-refractivity contribution in [2.45, 2.75) is 6.92 Å². The molecule has 0 aliphatic carbocycles. The van der Waals surface area contributed by atoms with Gasteiger partial charge in [-0.15, -0.1) is 0 Å². The van der Waals surface area contributed by atoms with Crippen molar-refractivity contribution >= 4 is 40.6 Å². The van der Waals surface area contributed by atoms with Gasteiger partial charge in [-0.25, -0.2) is 4.79 Å². The zero-order valence-electron chi connectivity index (χ0n) is 12.6. The molecule has 0 saturated heterocycles. The smallest absolute Gasteiger partial charge is 0.323 e. The predicted octanol–water partition coefficient (Wildman–Crippen LogP) is 3.95. The lowest BCUT2D eigenvalue weighted by molar-refractivity contribution is -0.114. The van der Waals surface area contributed by atoms with E-state index < -0.39 is 6.03 Å². The van der Waals surface area contributed by atoms with E-state index in [1.165, 1.54) is 14.0 Å². The number of urea groups is 1. The molecular weight excluding hydrogens is 318 g/mol. The molecule has 6 nitrogen and oxygen atoms in total. The van der Waals surface area contributed by atoms with Crippen LogP contribution in [0, 0.1) is 0 Å². The Balaban J connectivity index is 2.08. The monoisotopic (exact) mass is 333 g/mol. The Labute approximate surface area is 138 Å². The van der Waals surface area contributed by atoms with Crippen LogP contribution in [0.3, 0.4) is 0 Å². The second kappa shape index (κ2) is 7.51. The van der Waals surface area contributed by atoms with E-state index in [1.54, 1.807) is 42.5 Å². The van der Waals surface area contributed by atoms with Gasteiger partial charge in [0.2, 0.25) is 5.91 Å². The number of hydrogen-bond acceptors (Lipinski definition) is 3. The van der Waals surface area contributed by atoms with Gasteiger partial charge in [0.25, 0.3) is 0 Å². The third-order valence-corrected chi connectivity index (χ3v) is 3.12. The van der Waals surface area contributed by atoms with Gasteiger partial charge < -0.3 is 20.7 Å². The van der Waals surface area contributed by atoms with Crippen LogP contribution in [0.15, 0.2) is 42.5 Å². The van der Waals surface area contributed by atoms with Crippen LogP contribution in [0.2, 0.25) is 5.02 Å². The van der Waals surface area contributed by atoms with Crippen molar-refractivity contribution in [3.05, 3.63) is 47.5 Å². The number of amides is 3. The van der Waals surface area contributed by atoms with Crippen molar-refractivity contribution in [2.24, 2.45) is 0 Å². The normalized spacial score (nSPS) is 9.87. The van der Waals surface area contributed by atoms with Gasteiger partial charge in [0.05, 0.1) is 12.8 Å². The molecule has 120 valence electrons. The first-order valence-corrected chi connectivity index (χ1v) is 7.15. The first kappa shape index (κ1) is 16.6. The highest BCUT2D eigenvalue weighted by Gasteiger charge is 2.08. The molecule has 7 heteroatoms. The maximum atomic E-state index is 12.0. The van der Waals surface area contributed by atoms with Gasteiger partial charge >= 0.3 is 6.03 Å². The van der Waals surface area contributed by atoms with E-state index in [4.69, 9.17) is 16.3 Å². The average molecular weight is 334 g/mol. The van der Waals surface area contributed by atoms with Gasteiger partial charge in [-0.1, -0.05) is 11.6 Å². The largest absolute Gasteiger partial charge is 0.495 e. The van der Waals surface area contributed by atoms with Crippen LogP contribution in [0.4, 0.5) is 21.9 Å². The van der Waals surface area contributed by atoms with Crippen molar-refractivity contribution in [1.82, 2.24) is 0 Å². The summed E-state index contributed by atoms with van der Waals surface area (Å²) in [5.41, 5.74) is 1.60. The number of benzene rings is 2. The number of methoxy groups -OCH3 is 1. The first-order chi connectivity index (χ1) is 11.0. The van der Waals surface area contributed by atoms with E-state index in [9.17, 15) is 9.59 Å². The van der Waals surface area contributed by atoms with Gasteiger partial charge in [0.15, 0.2) is 0 Å². The Morgan fingerprint density at radius 3 is 2.17 bits per heavy atom. The summed E-state index contributed by atoms with van der Waals surface area (Å²) in [6.45, 7) is 1.40. The molecule has 0 radical (unpaired) electrons. The first-order valence-electron chi connectivity index (χ1n) is 6.77. The summed E-state index contributed by atoms with van der Waals surface area (Å²) in [6, 6.07) is 11.3. The third kappa shape index (κ3) is 4.89. The van der Waals surface area contributed by atoms with E-state index >= 15 is 0 Å². The maximum Gasteiger partial charge on any atom is 0.323 e. The van der Waals surface area contributed by atoms with E-state index in [1.807, 2.05) is 0 Å². The van der Waals surface area contributed by atoms with Gasteiger partial charge in [-0.05, 0) is 42.5 Å². The molecule has 0 fully saturated rings. The number of anilines is 3. The van der Waals surface area contributed by atoms with Crippen molar-refractivity contribution in [2.75, 3.05) is 23.1 Å². The summed E-state index contributed by atoms with van der Waals surface area (Å²) in [5, 5.41) is 8.59. The fourth-order valence-electron chi connectivity index (χ4n) is 1.90. The molecule has 0 aromatic heterocycles. The summed E-state index contributed by atoms with van der Waals surface area (Å²) in [4.78, 5) is 23.2. The molecule has 0 unspecified atom stereocenters. The molecule has 0 heterocycles. The Bertz CT molecular complexity index is 717. The Hall–Kier alpha value is -2.73. The molecule has 0 atom stereocenters. The molecule has 2 rings (SSSR count). The number of carbonyl (C=O) groups excluding carboxylic acids is 2. The number of ether oxygens (including phenoxy) is 1. The van der Waals surface area contributed by atoms with Gasteiger partial charge in [-0.2, -0.15) is 0 Å². The third-order valence-electron chi connectivity index (χ3n) is 2.87. The average Bonchev–Trinajstić information content (AvgIpc) is 2.49. The molecule has 3 amide bonds. The lowest BCUT2D eigenvalue weighted by atomic mass is 10.2. The SMILES string of the molecule is COc1ccc(NC(=O)Nc2ccc(Cl)cc2)cc1NC(C)=O. The fraction of sp³-hybridized carbons (Fsp3) is 0.125. The highest BCUT2D eigenvalue weighted by molar-refractivity contribution is 6.30. The summed E-state index contributed by atoms with van der Waals surface area (Å²) in [7, 11) is 1.50. The molecule has 0 aliphatic heterocycles. The minimum Gasteiger partial charge on any atom is -0.495 e. The Kier molecular flexibility index (Phi) is 5.43. The maximum absolute atomic E-state index is 12.0. The molecule has 0 bridgehead atoms. The summed E-state index contributed by atoms with van der Waals surface area (Å²) >= 11 is 5.79. The zero-order valence-corrected chi connectivity index (χ0v) is 13.4. The van der Waals surface area contributed by atoms with Crippen LogP contribution >= 0.6 is 11.6 Å². The van der Waals surface area contributed by atoms with Crippen LogP contribution in [0.1, 0.15) is 6.92 Å². The van der Waals surface area contributed by atoms with Crippen molar-refractivity contribution < 1.29 is 14.3 Å². The second-order valence-electron chi connectivity index (χ2n) is 4.68. The summed E-state index contributed by atoms with van der Waals surface area (Å²) in [6.07, 6.45) is 0. The summed E-state index contributed by atoms with van der Waals surface area (Å²) in [5.74, 6) is 0.273. The lowest BCUT2D eigenvalue weighted by Gasteiger charge is -2.12. The van der Waals surface area contributed by atoms with E-state index in [-0.39, 0.29) is 5.91 Å². The molecule has 0 aliphatic rings. The Morgan fingerprint density at radius 2 is 1.57 bits per heavy atom.